The third kappa shape index (κ3) is 3.07. The van der Waals surface area contributed by atoms with Crippen molar-refractivity contribution in [2.24, 2.45) is 0 Å². The van der Waals surface area contributed by atoms with Crippen LogP contribution >= 0.6 is 0 Å². The van der Waals surface area contributed by atoms with E-state index in [-0.39, 0.29) is 23.8 Å². The van der Waals surface area contributed by atoms with Gasteiger partial charge < -0.3 is 9.84 Å². The maximum absolute atomic E-state index is 10.7. The SMILES string of the molecule is COc1ccc(C2NNC(C)C2c2cnn(-c3ccccc3)c2)c(O)c1C. The van der Waals surface area contributed by atoms with E-state index < -0.39 is 0 Å². The molecule has 6 heteroatoms. The van der Waals surface area contributed by atoms with Gasteiger partial charge in [0.15, 0.2) is 0 Å². The fourth-order valence-corrected chi connectivity index (χ4v) is 3.85. The molecule has 0 radical (unpaired) electrons. The van der Waals surface area contributed by atoms with Crippen LogP contribution < -0.4 is 15.6 Å². The van der Waals surface area contributed by atoms with E-state index >= 15 is 0 Å². The van der Waals surface area contributed by atoms with Crippen molar-refractivity contribution < 1.29 is 9.84 Å². The number of nitrogens with zero attached hydrogens (tertiary/aromatic N) is 2. The highest BCUT2D eigenvalue weighted by atomic mass is 16.5. The number of hydrogen-bond donors (Lipinski definition) is 3. The number of phenolic OH excluding ortho intramolecular Hbond substituents is 1. The number of benzene rings is 2. The first-order chi connectivity index (χ1) is 13.1. The lowest BCUT2D eigenvalue weighted by Crippen LogP contribution is -2.29. The zero-order chi connectivity index (χ0) is 19.0. The first-order valence-corrected chi connectivity index (χ1v) is 9.07. The minimum atomic E-state index is -0.0713. The third-order valence-corrected chi connectivity index (χ3v) is 5.34. The quantitative estimate of drug-likeness (QED) is 0.663. The molecule has 0 aliphatic carbocycles. The van der Waals surface area contributed by atoms with Gasteiger partial charge in [0.1, 0.15) is 11.5 Å². The molecule has 1 fully saturated rings. The predicted molar refractivity (Wildman–Crippen MR) is 104 cm³/mol. The Bertz CT molecular complexity index is 939. The zero-order valence-corrected chi connectivity index (χ0v) is 15.7. The Morgan fingerprint density at radius 3 is 2.63 bits per heavy atom. The second kappa shape index (κ2) is 7.06. The van der Waals surface area contributed by atoms with Gasteiger partial charge in [-0.1, -0.05) is 18.2 Å². The molecule has 2 aromatic carbocycles. The average Bonchev–Trinajstić information content (AvgIpc) is 3.31. The molecule has 140 valence electrons. The molecule has 27 heavy (non-hydrogen) atoms. The molecule has 2 heterocycles. The number of hydrazine groups is 1. The van der Waals surface area contributed by atoms with E-state index in [1.807, 2.05) is 60.3 Å². The molecule has 4 rings (SSSR count). The number of aromatic nitrogens is 2. The van der Waals surface area contributed by atoms with Gasteiger partial charge in [-0.25, -0.2) is 10.1 Å². The first kappa shape index (κ1) is 17.6. The Hall–Kier alpha value is -2.83. The van der Waals surface area contributed by atoms with Crippen molar-refractivity contribution in [1.29, 1.82) is 0 Å². The molecule has 0 amide bonds. The van der Waals surface area contributed by atoms with Crippen molar-refractivity contribution in [1.82, 2.24) is 20.6 Å². The number of para-hydroxylation sites is 1. The van der Waals surface area contributed by atoms with Crippen LogP contribution in [-0.4, -0.2) is 28.0 Å². The smallest absolute Gasteiger partial charge is 0.127 e. The highest BCUT2D eigenvalue weighted by Gasteiger charge is 2.37. The maximum Gasteiger partial charge on any atom is 0.127 e. The number of methoxy groups -OCH3 is 1. The van der Waals surface area contributed by atoms with Gasteiger partial charge in [0, 0.05) is 29.3 Å². The van der Waals surface area contributed by atoms with Crippen LogP contribution in [0.4, 0.5) is 0 Å². The highest BCUT2D eigenvalue weighted by Crippen LogP contribution is 2.42. The van der Waals surface area contributed by atoms with Gasteiger partial charge in [-0.05, 0) is 43.7 Å². The molecule has 3 unspecified atom stereocenters. The van der Waals surface area contributed by atoms with E-state index in [1.165, 1.54) is 0 Å². The van der Waals surface area contributed by atoms with E-state index in [1.54, 1.807) is 7.11 Å². The summed E-state index contributed by atoms with van der Waals surface area (Å²) in [6.45, 7) is 4.00. The number of aromatic hydroxyl groups is 1. The van der Waals surface area contributed by atoms with Crippen LogP contribution in [0.2, 0.25) is 0 Å². The van der Waals surface area contributed by atoms with Crippen LogP contribution in [0.15, 0.2) is 54.9 Å². The van der Waals surface area contributed by atoms with Crippen molar-refractivity contribution in [2.45, 2.75) is 31.8 Å². The summed E-state index contributed by atoms with van der Waals surface area (Å²) in [4.78, 5) is 0. The van der Waals surface area contributed by atoms with E-state index in [9.17, 15) is 5.11 Å². The topological polar surface area (TPSA) is 71.3 Å². The fourth-order valence-electron chi connectivity index (χ4n) is 3.85. The lowest BCUT2D eigenvalue weighted by molar-refractivity contribution is 0.397. The molecule has 1 aliphatic rings. The van der Waals surface area contributed by atoms with Gasteiger partial charge in [-0.2, -0.15) is 5.10 Å². The maximum atomic E-state index is 10.7. The summed E-state index contributed by atoms with van der Waals surface area (Å²) in [5, 5.41) is 15.3. The van der Waals surface area contributed by atoms with E-state index in [0.717, 1.165) is 22.4 Å². The highest BCUT2D eigenvalue weighted by molar-refractivity contribution is 5.51. The van der Waals surface area contributed by atoms with E-state index in [2.05, 4.69) is 29.1 Å². The molecule has 6 nitrogen and oxygen atoms in total. The minimum Gasteiger partial charge on any atom is -0.507 e. The van der Waals surface area contributed by atoms with Crippen LogP contribution in [0.5, 0.6) is 11.5 Å². The van der Waals surface area contributed by atoms with Crippen molar-refractivity contribution in [2.75, 3.05) is 7.11 Å². The Balaban J connectivity index is 1.70. The largest absolute Gasteiger partial charge is 0.507 e. The fraction of sp³-hybridized carbons (Fsp3) is 0.286. The third-order valence-electron chi connectivity index (χ3n) is 5.34. The summed E-state index contributed by atoms with van der Waals surface area (Å²) in [5.41, 5.74) is 10.4. The summed E-state index contributed by atoms with van der Waals surface area (Å²) >= 11 is 0. The monoisotopic (exact) mass is 364 g/mol. The minimum absolute atomic E-state index is 0.0713. The number of ether oxygens (including phenoxy) is 1. The van der Waals surface area contributed by atoms with Crippen molar-refractivity contribution in [3.8, 4) is 17.2 Å². The number of phenols is 1. The number of rotatable bonds is 4. The zero-order valence-electron chi connectivity index (χ0n) is 15.7. The molecule has 0 spiro atoms. The number of nitrogens with one attached hydrogen (secondary N) is 2. The van der Waals surface area contributed by atoms with Crippen molar-refractivity contribution in [3.63, 3.8) is 0 Å². The van der Waals surface area contributed by atoms with Crippen LogP contribution in [0, 0.1) is 6.92 Å². The molecule has 3 atom stereocenters. The average molecular weight is 364 g/mol. The van der Waals surface area contributed by atoms with Crippen LogP contribution in [0.25, 0.3) is 5.69 Å². The van der Waals surface area contributed by atoms with Gasteiger partial charge in [0.25, 0.3) is 0 Å². The van der Waals surface area contributed by atoms with E-state index in [4.69, 9.17) is 4.74 Å². The summed E-state index contributed by atoms with van der Waals surface area (Å²) in [5.74, 6) is 1.08. The van der Waals surface area contributed by atoms with Gasteiger partial charge in [-0.3, -0.25) is 5.43 Å². The van der Waals surface area contributed by atoms with Gasteiger partial charge in [-0.15, -0.1) is 0 Å². The normalized spacial score (nSPS) is 22.1. The van der Waals surface area contributed by atoms with Crippen molar-refractivity contribution in [3.05, 3.63) is 71.5 Å². The Labute approximate surface area is 158 Å². The molecule has 3 aromatic rings. The Morgan fingerprint density at radius 1 is 1.11 bits per heavy atom. The molecule has 0 bridgehead atoms. The molecular weight excluding hydrogens is 340 g/mol. The Morgan fingerprint density at radius 2 is 1.89 bits per heavy atom. The molecule has 1 aromatic heterocycles. The number of hydrogen-bond acceptors (Lipinski definition) is 5. The van der Waals surface area contributed by atoms with Gasteiger partial charge >= 0.3 is 0 Å². The van der Waals surface area contributed by atoms with Crippen LogP contribution in [0.1, 0.15) is 35.6 Å². The summed E-state index contributed by atoms with van der Waals surface area (Å²) < 4.78 is 7.20. The van der Waals surface area contributed by atoms with Crippen LogP contribution in [0.3, 0.4) is 0 Å². The molecule has 1 saturated heterocycles. The molecule has 1 aliphatic heterocycles. The Kier molecular flexibility index (Phi) is 4.59. The molecular formula is C21H24N4O2. The predicted octanol–water partition coefficient (Wildman–Crippen LogP) is 3.22. The first-order valence-electron chi connectivity index (χ1n) is 9.07. The van der Waals surface area contributed by atoms with Gasteiger partial charge in [0.2, 0.25) is 0 Å². The molecule has 0 saturated carbocycles. The summed E-state index contributed by atoms with van der Waals surface area (Å²) in [7, 11) is 1.61. The second-order valence-electron chi connectivity index (χ2n) is 6.97. The molecule has 3 N–H and O–H groups in total. The van der Waals surface area contributed by atoms with Crippen LogP contribution in [-0.2, 0) is 0 Å². The summed E-state index contributed by atoms with van der Waals surface area (Å²) in [6, 6.07) is 14.0. The van der Waals surface area contributed by atoms with E-state index in [0.29, 0.717) is 5.75 Å². The summed E-state index contributed by atoms with van der Waals surface area (Å²) in [6.07, 6.45) is 3.97. The van der Waals surface area contributed by atoms with Gasteiger partial charge in [0.05, 0.1) is 25.0 Å². The standard InChI is InChI=1S/C21H24N4O2/c1-13-18(27-3)10-9-17(21(13)26)20-19(14(2)23-24-20)15-11-22-25(12-15)16-7-5-4-6-8-16/h4-12,14,19-20,23-24,26H,1-3H3. The van der Waals surface area contributed by atoms with Crippen molar-refractivity contribution >= 4 is 0 Å². The lowest BCUT2D eigenvalue weighted by Gasteiger charge is -2.22. The second-order valence-corrected chi connectivity index (χ2v) is 6.97. The lowest BCUT2D eigenvalue weighted by atomic mass is 9.85.